The van der Waals surface area contributed by atoms with Crippen LogP contribution in [-0.2, 0) is 9.53 Å². The van der Waals surface area contributed by atoms with Crippen LogP contribution in [0.4, 0.5) is 4.79 Å². The summed E-state index contributed by atoms with van der Waals surface area (Å²) in [4.78, 5) is 21.5. The summed E-state index contributed by atoms with van der Waals surface area (Å²) in [7, 11) is 0. The third-order valence-corrected chi connectivity index (χ3v) is 1.19. The number of hydrogen-bond donors (Lipinski definition) is 2. The molecule has 6 nitrogen and oxygen atoms in total. The predicted molar refractivity (Wildman–Crippen MR) is 49.3 cm³/mol. The number of rotatable bonds is 3. The van der Waals surface area contributed by atoms with E-state index in [1.165, 1.54) is 0 Å². The fraction of sp³-hybridized carbons (Fsp3) is 0.750. The molecule has 0 spiro atoms. The van der Waals surface area contributed by atoms with Crippen molar-refractivity contribution in [2.75, 3.05) is 6.61 Å². The van der Waals surface area contributed by atoms with E-state index in [0.29, 0.717) is 0 Å². The Bertz CT molecular complexity index is 220. The molecule has 0 saturated carbocycles. The molecule has 6 heteroatoms. The second-order valence-electron chi connectivity index (χ2n) is 3.74. The molecule has 0 aromatic carbocycles. The molecule has 0 aromatic heterocycles. The van der Waals surface area contributed by atoms with Gasteiger partial charge in [0.25, 0.3) is 0 Å². The van der Waals surface area contributed by atoms with Gasteiger partial charge < -0.3 is 20.3 Å². The Morgan fingerprint density at radius 1 is 1.50 bits per heavy atom. The molecule has 4 N–H and O–H groups in total. The number of alkyl carbamates (subject to hydrolysis) is 1. The van der Waals surface area contributed by atoms with E-state index in [-0.39, 0.29) is 0 Å². The molecular weight excluding hydrogens is 190 g/mol. The first-order valence-corrected chi connectivity index (χ1v) is 4.13. The van der Waals surface area contributed by atoms with Crippen LogP contribution in [0, 0.1) is 0 Å². The van der Waals surface area contributed by atoms with Crippen LogP contribution in [0.5, 0.6) is 0 Å². The maximum atomic E-state index is 11.1. The third-order valence-electron chi connectivity index (χ3n) is 1.19. The van der Waals surface area contributed by atoms with Crippen LogP contribution in [0.2, 0.25) is 0 Å². The Morgan fingerprint density at radius 2 is 2.00 bits per heavy atom. The number of carboxylic acid groups (broad SMARTS) is 1. The number of carbonyl (C=O) groups excluding carboxylic acids is 1. The first-order chi connectivity index (χ1) is 6.26. The number of carboxylic acids is 1. The lowest BCUT2D eigenvalue weighted by Crippen LogP contribution is -2.45. The highest BCUT2D eigenvalue weighted by Crippen LogP contribution is 2.06. The quantitative estimate of drug-likeness (QED) is 0.618. The van der Waals surface area contributed by atoms with Gasteiger partial charge in [-0.25, -0.2) is 9.59 Å². The fourth-order valence-electron chi connectivity index (χ4n) is 0.650. The number of carbonyl (C=O) groups is 2. The molecule has 0 radical (unpaired) electrons. The maximum Gasteiger partial charge on any atom is 0.408 e. The van der Waals surface area contributed by atoms with Gasteiger partial charge in [-0.05, 0) is 20.8 Å². The van der Waals surface area contributed by atoms with Gasteiger partial charge in [0.05, 0.1) is 0 Å². The van der Waals surface area contributed by atoms with Gasteiger partial charge in [-0.1, -0.05) is 0 Å². The van der Waals surface area contributed by atoms with Crippen LogP contribution in [0.1, 0.15) is 20.8 Å². The van der Waals surface area contributed by atoms with Crippen LogP contribution >= 0.6 is 0 Å². The minimum absolute atomic E-state index is 0.422. The number of hydrogen-bond acceptors (Lipinski definition) is 3. The van der Waals surface area contributed by atoms with Crippen LogP contribution < -0.4 is 5.32 Å². The Balaban J connectivity index is 4.11. The minimum atomic E-state index is -1.24. The van der Waals surface area contributed by atoms with E-state index in [2.05, 4.69) is 5.32 Å². The lowest BCUT2D eigenvalue weighted by molar-refractivity contribution is -0.140. The Labute approximate surface area is 81.9 Å². The molecular formula is C8H16NO5+. The van der Waals surface area contributed by atoms with Crippen LogP contribution in [-0.4, -0.2) is 40.5 Å². The topological polar surface area (TPSA) is 98.5 Å². The Hall–Kier alpha value is -1.30. The van der Waals surface area contributed by atoms with Gasteiger partial charge in [-0.3, -0.25) is 0 Å². The second kappa shape index (κ2) is 4.80. The lowest BCUT2D eigenvalue weighted by atomic mass is 10.2. The molecule has 0 fully saturated rings. The van der Waals surface area contributed by atoms with Crippen molar-refractivity contribution in [2.45, 2.75) is 32.4 Å². The van der Waals surface area contributed by atoms with Gasteiger partial charge >= 0.3 is 12.1 Å². The average molecular weight is 206 g/mol. The Morgan fingerprint density at radius 3 is 2.29 bits per heavy atom. The summed E-state index contributed by atoms with van der Waals surface area (Å²) in [6, 6.07) is -1.22. The molecule has 1 atom stereocenters. The zero-order valence-electron chi connectivity index (χ0n) is 8.46. The summed E-state index contributed by atoms with van der Waals surface area (Å²) in [5, 5.41) is 17.5. The Kier molecular flexibility index (Phi) is 4.36. The summed E-state index contributed by atoms with van der Waals surface area (Å²) < 4.78 is 4.82. The maximum absolute atomic E-state index is 11.1. The third kappa shape index (κ3) is 5.36. The van der Waals surface area contributed by atoms with Gasteiger partial charge in [-0.2, -0.15) is 0 Å². The summed E-state index contributed by atoms with van der Waals surface area (Å²) in [6.45, 7) is 4.59. The molecule has 1 amide bonds. The van der Waals surface area contributed by atoms with E-state index >= 15 is 0 Å². The molecule has 0 saturated heterocycles. The first-order valence-electron chi connectivity index (χ1n) is 4.13. The zero-order valence-corrected chi connectivity index (χ0v) is 8.46. The normalized spacial score (nSPS) is 13.1. The molecule has 0 unspecified atom stereocenters. The molecule has 0 aromatic rings. The molecule has 0 rings (SSSR count). The summed E-state index contributed by atoms with van der Waals surface area (Å²) in [5.74, 6) is -1.24. The van der Waals surface area contributed by atoms with Crippen LogP contribution in [0.15, 0.2) is 0 Å². The van der Waals surface area contributed by atoms with Crippen molar-refractivity contribution < 1.29 is 24.5 Å². The average Bonchev–Trinajstić information content (AvgIpc) is 1.96. The van der Waals surface area contributed by atoms with Crippen molar-refractivity contribution in [3.8, 4) is 0 Å². The fourth-order valence-corrected chi connectivity index (χ4v) is 0.650. The molecule has 0 aliphatic rings. The summed E-state index contributed by atoms with van der Waals surface area (Å²) in [5.41, 5.74) is -0.671. The predicted octanol–water partition coefficient (Wildman–Crippen LogP) is -0.311. The van der Waals surface area contributed by atoms with E-state index in [9.17, 15) is 9.59 Å². The van der Waals surface area contributed by atoms with Gasteiger partial charge in [-0.15, -0.1) is 0 Å². The van der Waals surface area contributed by atoms with E-state index < -0.39 is 30.3 Å². The molecule has 0 aliphatic carbocycles. The highest BCUT2D eigenvalue weighted by atomic mass is 16.6. The van der Waals surface area contributed by atoms with Crippen molar-refractivity contribution in [1.82, 2.24) is 5.32 Å². The van der Waals surface area contributed by atoms with Gasteiger partial charge in [0.2, 0.25) is 0 Å². The van der Waals surface area contributed by atoms with E-state index in [0.717, 1.165) is 0 Å². The van der Waals surface area contributed by atoms with Gasteiger partial charge in [0.15, 0.2) is 12.6 Å². The highest BCUT2D eigenvalue weighted by molar-refractivity contribution is 5.80. The molecule has 0 heterocycles. The van der Waals surface area contributed by atoms with E-state index in [1.807, 2.05) is 0 Å². The zero-order chi connectivity index (χ0) is 11.4. The molecule has 14 heavy (non-hydrogen) atoms. The van der Waals surface area contributed by atoms with Crippen molar-refractivity contribution in [1.29, 1.82) is 0 Å². The van der Waals surface area contributed by atoms with Crippen LogP contribution in [0.25, 0.3) is 0 Å². The number of amides is 1. The van der Waals surface area contributed by atoms with Crippen molar-refractivity contribution in [2.24, 2.45) is 0 Å². The van der Waals surface area contributed by atoms with Gasteiger partial charge in [0.1, 0.15) is 5.60 Å². The highest BCUT2D eigenvalue weighted by Gasteiger charge is 2.24. The number of ether oxygens (including phenoxy) is 1. The smallest absolute Gasteiger partial charge is 0.408 e. The molecule has 0 aliphatic heterocycles. The largest absolute Gasteiger partial charge is 0.479 e. The monoisotopic (exact) mass is 206 g/mol. The minimum Gasteiger partial charge on any atom is -0.479 e. The van der Waals surface area contributed by atoms with Crippen LogP contribution in [0.3, 0.4) is 0 Å². The van der Waals surface area contributed by atoms with Crippen molar-refractivity contribution >= 4 is 12.1 Å². The van der Waals surface area contributed by atoms with Gasteiger partial charge in [0, 0.05) is 0 Å². The number of nitrogens with one attached hydrogen (secondary N) is 1. The molecule has 0 bridgehead atoms. The summed E-state index contributed by atoms with van der Waals surface area (Å²) >= 11 is 0. The number of aliphatic carboxylic acids is 1. The SMILES string of the molecule is CC(C)(C)OC(=O)N[C@@H](C[OH2+])C(=O)O. The molecule has 82 valence electrons. The van der Waals surface area contributed by atoms with E-state index in [1.54, 1.807) is 20.8 Å². The second-order valence-corrected chi connectivity index (χ2v) is 3.74. The van der Waals surface area contributed by atoms with Crippen molar-refractivity contribution in [3.05, 3.63) is 0 Å². The lowest BCUT2D eigenvalue weighted by Gasteiger charge is -2.20. The first kappa shape index (κ1) is 12.7. The van der Waals surface area contributed by atoms with Crippen molar-refractivity contribution in [3.63, 3.8) is 0 Å². The van der Waals surface area contributed by atoms with E-state index in [4.69, 9.17) is 14.9 Å². The standard InChI is InChI=1S/C8H15NO5/c1-8(2,3)14-7(13)9-5(4-10)6(11)12/h5,10H,4H2,1-3H3,(H,9,13)(H,11,12)/p+1/t5-/m0/s1. The summed E-state index contributed by atoms with van der Waals surface area (Å²) in [6.07, 6.45) is -0.822.